The van der Waals surface area contributed by atoms with Gasteiger partial charge >= 0.3 is 0 Å². The topological polar surface area (TPSA) is 76.7 Å². The van der Waals surface area contributed by atoms with Crippen LogP contribution < -0.4 is 15.4 Å². The van der Waals surface area contributed by atoms with Gasteiger partial charge in [-0.2, -0.15) is 0 Å². The van der Waals surface area contributed by atoms with Crippen LogP contribution in [0.25, 0.3) is 6.08 Å². The third kappa shape index (κ3) is 7.33. The highest BCUT2D eigenvalue weighted by molar-refractivity contribution is 6.08. The van der Waals surface area contributed by atoms with Crippen molar-refractivity contribution in [3.63, 3.8) is 0 Å². The largest absolute Gasteiger partial charge is 0.491 e. The molecule has 142 valence electrons. The summed E-state index contributed by atoms with van der Waals surface area (Å²) in [5, 5.41) is 5.35. The number of ether oxygens (including phenoxy) is 2. The van der Waals surface area contributed by atoms with E-state index < -0.39 is 5.91 Å². The molecule has 0 aromatic heterocycles. The van der Waals surface area contributed by atoms with Gasteiger partial charge in [0.15, 0.2) is 0 Å². The minimum Gasteiger partial charge on any atom is -0.491 e. The second-order valence-electron chi connectivity index (χ2n) is 5.68. The van der Waals surface area contributed by atoms with Gasteiger partial charge < -0.3 is 20.1 Å². The Morgan fingerprint density at radius 2 is 1.81 bits per heavy atom. The summed E-state index contributed by atoms with van der Waals surface area (Å²) in [5.74, 6) is -0.110. The van der Waals surface area contributed by atoms with E-state index in [1.807, 2.05) is 37.3 Å². The van der Waals surface area contributed by atoms with Crippen molar-refractivity contribution < 1.29 is 19.1 Å². The van der Waals surface area contributed by atoms with Crippen LogP contribution in [0.5, 0.6) is 5.75 Å². The normalized spacial score (nSPS) is 11.0. The first kappa shape index (κ1) is 20.2. The SMILES string of the molecule is CCOCCOc1cccc(NC(=O)/C(=C/c2ccccc2)NC(C)=O)c1. The van der Waals surface area contributed by atoms with Gasteiger partial charge in [-0.1, -0.05) is 36.4 Å². The zero-order valence-electron chi connectivity index (χ0n) is 15.5. The van der Waals surface area contributed by atoms with E-state index in [9.17, 15) is 9.59 Å². The quantitative estimate of drug-likeness (QED) is 0.526. The molecule has 2 amide bonds. The maximum atomic E-state index is 12.6. The molecule has 6 heteroatoms. The number of hydrogen-bond donors (Lipinski definition) is 2. The predicted octanol–water partition coefficient (Wildman–Crippen LogP) is 3.22. The highest BCUT2D eigenvalue weighted by Gasteiger charge is 2.12. The summed E-state index contributed by atoms with van der Waals surface area (Å²) in [6, 6.07) is 16.4. The molecule has 0 atom stereocenters. The van der Waals surface area contributed by atoms with Gasteiger partial charge in [0.05, 0.1) is 6.61 Å². The molecule has 0 spiro atoms. The maximum absolute atomic E-state index is 12.6. The van der Waals surface area contributed by atoms with Crippen LogP contribution in [-0.4, -0.2) is 31.6 Å². The molecule has 0 heterocycles. The van der Waals surface area contributed by atoms with Gasteiger partial charge in [-0.05, 0) is 30.7 Å². The fourth-order valence-electron chi connectivity index (χ4n) is 2.29. The average molecular weight is 368 g/mol. The minimum absolute atomic E-state index is 0.163. The van der Waals surface area contributed by atoms with Crippen LogP contribution in [0.15, 0.2) is 60.3 Å². The number of anilines is 1. The second kappa shape index (κ2) is 10.8. The lowest BCUT2D eigenvalue weighted by Crippen LogP contribution is -2.28. The number of hydrogen-bond acceptors (Lipinski definition) is 4. The molecule has 0 radical (unpaired) electrons. The van der Waals surface area contributed by atoms with Crippen LogP contribution in [0.1, 0.15) is 19.4 Å². The molecule has 0 saturated heterocycles. The molecular weight excluding hydrogens is 344 g/mol. The van der Waals surface area contributed by atoms with Gasteiger partial charge in [0, 0.05) is 25.3 Å². The van der Waals surface area contributed by atoms with Crippen molar-refractivity contribution >= 4 is 23.6 Å². The van der Waals surface area contributed by atoms with E-state index in [1.54, 1.807) is 30.3 Å². The first-order valence-corrected chi connectivity index (χ1v) is 8.74. The van der Waals surface area contributed by atoms with Gasteiger partial charge in [0.2, 0.25) is 5.91 Å². The number of benzene rings is 2. The Bertz CT molecular complexity index is 788. The summed E-state index contributed by atoms with van der Waals surface area (Å²) >= 11 is 0. The van der Waals surface area contributed by atoms with E-state index in [0.29, 0.717) is 31.3 Å². The molecule has 0 aliphatic rings. The van der Waals surface area contributed by atoms with E-state index in [0.717, 1.165) is 5.56 Å². The Hall–Kier alpha value is -3.12. The molecule has 2 N–H and O–H groups in total. The van der Waals surface area contributed by atoms with Crippen molar-refractivity contribution in [3.8, 4) is 5.75 Å². The zero-order chi connectivity index (χ0) is 19.5. The highest BCUT2D eigenvalue weighted by Crippen LogP contribution is 2.18. The number of nitrogens with one attached hydrogen (secondary N) is 2. The fourth-order valence-corrected chi connectivity index (χ4v) is 2.29. The number of rotatable bonds is 9. The van der Waals surface area contributed by atoms with Crippen LogP contribution in [0.2, 0.25) is 0 Å². The van der Waals surface area contributed by atoms with Crippen molar-refractivity contribution in [1.29, 1.82) is 0 Å². The van der Waals surface area contributed by atoms with Crippen molar-refractivity contribution in [3.05, 3.63) is 65.9 Å². The summed E-state index contributed by atoms with van der Waals surface area (Å²) in [7, 11) is 0. The standard InChI is InChI=1S/C21H24N2O4/c1-3-26-12-13-27-19-11-7-10-18(15-19)23-21(25)20(22-16(2)24)14-17-8-5-4-6-9-17/h4-11,14-15H,3,12-13H2,1-2H3,(H,22,24)(H,23,25)/b20-14-. The first-order chi connectivity index (χ1) is 13.1. The van der Waals surface area contributed by atoms with E-state index >= 15 is 0 Å². The molecule has 0 fully saturated rings. The van der Waals surface area contributed by atoms with Gasteiger partial charge in [-0.15, -0.1) is 0 Å². The molecule has 6 nitrogen and oxygen atoms in total. The van der Waals surface area contributed by atoms with Crippen molar-refractivity contribution in [2.45, 2.75) is 13.8 Å². The lowest BCUT2D eigenvalue weighted by molar-refractivity contribution is -0.120. The lowest BCUT2D eigenvalue weighted by Gasteiger charge is -2.11. The monoisotopic (exact) mass is 368 g/mol. The van der Waals surface area contributed by atoms with Gasteiger partial charge in [0.1, 0.15) is 18.1 Å². The number of carbonyl (C=O) groups is 2. The molecule has 2 rings (SSSR count). The van der Waals surface area contributed by atoms with Crippen molar-refractivity contribution in [2.24, 2.45) is 0 Å². The molecule has 2 aromatic rings. The number of amides is 2. The second-order valence-corrected chi connectivity index (χ2v) is 5.68. The Balaban J connectivity index is 2.08. The Morgan fingerprint density at radius 3 is 2.52 bits per heavy atom. The van der Waals surface area contributed by atoms with Crippen molar-refractivity contribution in [1.82, 2.24) is 5.32 Å². The average Bonchev–Trinajstić information content (AvgIpc) is 2.65. The third-order valence-electron chi connectivity index (χ3n) is 3.46. The van der Waals surface area contributed by atoms with Crippen molar-refractivity contribution in [2.75, 3.05) is 25.1 Å². The molecule has 2 aromatic carbocycles. The molecule has 27 heavy (non-hydrogen) atoms. The molecule has 0 saturated carbocycles. The molecule has 0 aliphatic heterocycles. The summed E-state index contributed by atoms with van der Waals surface area (Å²) in [6.07, 6.45) is 1.62. The summed E-state index contributed by atoms with van der Waals surface area (Å²) < 4.78 is 10.8. The molecule has 0 unspecified atom stereocenters. The lowest BCUT2D eigenvalue weighted by atomic mass is 10.2. The summed E-state index contributed by atoms with van der Waals surface area (Å²) in [6.45, 7) is 4.85. The van der Waals surface area contributed by atoms with Crippen LogP contribution in [-0.2, 0) is 14.3 Å². The molecular formula is C21H24N2O4. The predicted molar refractivity (Wildman–Crippen MR) is 105 cm³/mol. The zero-order valence-corrected chi connectivity index (χ0v) is 15.5. The van der Waals surface area contributed by atoms with Gasteiger partial charge in [0.25, 0.3) is 5.91 Å². The first-order valence-electron chi connectivity index (χ1n) is 8.74. The summed E-state index contributed by atoms with van der Waals surface area (Å²) in [5.41, 5.74) is 1.54. The van der Waals surface area contributed by atoms with Crippen LogP contribution >= 0.6 is 0 Å². The van der Waals surface area contributed by atoms with E-state index in [-0.39, 0.29) is 11.6 Å². The smallest absolute Gasteiger partial charge is 0.272 e. The summed E-state index contributed by atoms with van der Waals surface area (Å²) in [4.78, 5) is 24.1. The van der Waals surface area contributed by atoms with E-state index in [1.165, 1.54) is 6.92 Å². The minimum atomic E-state index is -0.416. The molecule has 0 aliphatic carbocycles. The number of carbonyl (C=O) groups excluding carboxylic acids is 2. The molecule has 0 bridgehead atoms. The van der Waals surface area contributed by atoms with Crippen LogP contribution in [0.4, 0.5) is 5.69 Å². The fraction of sp³-hybridized carbons (Fsp3) is 0.238. The van der Waals surface area contributed by atoms with Gasteiger partial charge in [-0.3, -0.25) is 9.59 Å². The third-order valence-corrected chi connectivity index (χ3v) is 3.46. The van der Waals surface area contributed by atoms with E-state index in [4.69, 9.17) is 9.47 Å². The van der Waals surface area contributed by atoms with Crippen LogP contribution in [0, 0.1) is 0 Å². The Kier molecular flexibility index (Phi) is 8.06. The van der Waals surface area contributed by atoms with Gasteiger partial charge in [-0.25, -0.2) is 0 Å². The van der Waals surface area contributed by atoms with E-state index in [2.05, 4.69) is 10.6 Å². The Morgan fingerprint density at radius 1 is 1.04 bits per heavy atom. The Labute approximate surface area is 159 Å². The van der Waals surface area contributed by atoms with Crippen LogP contribution in [0.3, 0.4) is 0 Å². The maximum Gasteiger partial charge on any atom is 0.272 e. The highest BCUT2D eigenvalue weighted by atomic mass is 16.5.